The van der Waals surface area contributed by atoms with Crippen LogP contribution in [0.2, 0.25) is 0 Å². The quantitative estimate of drug-likeness (QED) is 0.653. The van der Waals surface area contributed by atoms with Crippen molar-refractivity contribution in [2.75, 3.05) is 6.54 Å². The van der Waals surface area contributed by atoms with Crippen molar-refractivity contribution < 1.29 is 0 Å². The molecule has 2 rings (SSSR count). The van der Waals surface area contributed by atoms with Gasteiger partial charge in [0.05, 0.1) is 18.8 Å². The van der Waals surface area contributed by atoms with E-state index < -0.39 is 0 Å². The topological polar surface area (TPSA) is 62.2 Å². The highest BCUT2D eigenvalue weighted by atomic mass is 32.1. The first-order valence-electron chi connectivity index (χ1n) is 6.61. The van der Waals surface area contributed by atoms with Crippen LogP contribution in [0.25, 0.3) is 0 Å². The molecule has 0 saturated heterocycles. The summed E-state index contributed by atoms with van der Waals surface area (Å²) in [7, 11) is 0. The van der Waals surface area contributed by atoms with E-state index in [0.717, 1.165) is 23.2 Å². The minimum Gasteiger partial charge on any atom is -0.357 e. The SMILES string of the molecule is CCNC(=NCc1ccccn1)NCc1ncc(C)s1. The lowest BCUT2D eigenvalue weighted by Gasteiger charge is -2.09. The second-order valence-electron chi connectivity index (χ2n) is 4.23. The second kappa shape index (κ2) is 7.59. The van der Waals surface area contributed by atoms with Crippen LogP contribution in [0.4, 0.5) is 0 Å². The number of hydrogen-bond donors (Lipinski definition) is 2. The van der Waals surface area contributed by atoms with Crippen LogP contribution in [-0.4, -0.2) is 22.5 Å². The molecule has 0 bridgehead atoms. The Labute approximate surface area is 123 Å². The van der Waals surface area contributed by atoms with Crippen molar-refractivity contribution in [3.8, 4) is 0 Å². The van der Waals surface area contributed by atoms with Crippen LogP contribution in [0.5, 0.6) is 0 Å². The molecular weight excluding hydrogens is 270 g/mol. The minimum atomic E-state index is 0.563. The Morgan fingerprint density at radius 1 is 1.30 bits per heavy atom. The van der Waals surface area contributed by atoms with Crippen LogP contribution in [0.1, 0.15) is 22.5 Å². The zero-order valence-electron chi connectivity index (χ0n) is 11.8. The molecular formula is C14H19N5S. The van der Waals surface area contributed by atoms with Gasteiger partial charge < -0.3 is 10.6 Å². The van der Waals surface area contributed by atoms with E-state index in [0.29, 0.717) is 13.1 Å². The maximum Gasteiger partial charge on any atom is 0.191 e. The van der Waals surface area contributed by atoms with E-state index in [1.807, 2.05) is 31.3 Å². The van der Waals surface area contributed by atoms with Crippen molar-refractivity contribution in [3.63, 3.8) is 0 Å². The van der Waals surface area contributed by atoms with E-state index in [9.17, 15) is 0 Å². The normalized spacial score (nSPS) is 11.4. The number of rotatable bonds is 5. The number of nitrogens with zero attached hydrogens (tertiary/aromatic N) is 3. The van der Waals surface area contributed by atoms with Gasteiger partial charge in [-0.15, -0.1) is 11.3 Å². The average molecular weight is 289 g/mol. The highest BCUT2D eigenvalue weighted by Gasteiger charge is 2.01. The van der Waals surface area contributed by atoms with Gasteiger partial charge in [-0.3, -0.25) is 4.98 Å². The van der Waals surface area contributed by atoms with Crippen molar-refractivity contribution in [3.05, 3.63) is 46.2 Å². The number of aryl methyl sites for hydroxylation is 1. The lowest BCUT2D eigenvalue weighted by molar-refractivity contribution is 0.808. The van der Waals surface area contributed by atoms with Crippen molar-refractivity contribution in [1.29, 1.82) is 0 Å². The van der Waals surface area contributed by atoms with Gasteiger partial charge in [0.25, 0.3) is 0 Å². The largest absolute Gasteiger partial charge is 0.357 e. The van der Waals surface area contributed by atoms with Crippen LogP contribution in [0.15, 0.2) is 35.6 Å². The average Bonchev–Trinajstić information content (AvgIpc) is 2.89. The van der Waals surface area contributed by atoms with Gasteiger partial charge in [-0.1, -0.05) is 6.07 Å². The van der Waals surface area contributed by atoms with Crippen molar-refractivity contribution in [2.24, 2.45) is 4.99 Å². The fourth-order valence-electron chi connectivity index (χ4n) is 1.64. The highest BCUT2D eigenvalue weighted by Crippen LogP contribution is 2.10. The fraction of sp³-hybridized carbons (Fsp3) is 0.357. The third-order valence-corrected chi connectivity index (χ3v) is 3.46. The van der Waals surface area contributed by atoms with Gasteiger partial charge in [-0.25, -0.2) is 9.98 Å². The summed E-state index contributed by atoms with van der Waals surface area (Å²) in [4.78, 5) is 14.3. The van der Waals surface area contributed by atoms with Gasteiger partial charge in [-0.2, -0.15) is 0 Å². The molecule has 0 aromatic carbocycles. The number of thiazole rings is 1. The van der Waals surface area contributed by atoms with Crippen LogP contribution in [0.3, 0.4) is 0 Å². The molecule has 5 nitrogen and oxygen atoms in total. The molecule has 0 saturated carbocycles. The lowest BCUT2D eigenvalue weighted by Crippen LogP contribution is -2.36. The first-order chi connectivity index (χ1) is 9.78. The molecule has 2 aromatic heterocycles. The molecule has 6 heteroatoms. The first-order valence-corrected chi connectivity index (χ1v) is 7.43. The summed E-state index contributed by atoms with van der Waals surface area (Å²) in [5.74, 6) is 0.783. The van der Waals surface area contributed by atoms with E-state index in [-0.39, 0.29) is 0 Å². The summed E-state index contributed by atoms with van der Waals surface area (Å²) in [6, 6.07) is 5.84. The van der Waals surface area contributed by atoms with E-state index in [1.165, 1.54) is 4.88 Å². The van der Waals surface area contributed by atoms with E-state index in [2.05, 4.69) is 32.5 Å². The Morgan fingerprint density at radius 3 is 2.85 bits per heavy atom. The zero-order chi connectivity index (χ0) is 14.2. The molecule has 2 N–H and O–H groups in total. The number of guanidine groups is 1. The number of pyridine rings is 1. The molecule has 0 amide bonds. The number of hydrogen-bond acceptors (Lipinski definition) is 4. The molecule has 0 unspecified atom stereocenters. The molecule has 0 aliphatic heterocycles. The Hall–Kier alpha value is -1.95. The van der Waals surface area contributed by atoms with Gasteiger partial charge >= 0.3 is 0 Å². The Balaban J connectivity index is 1.92. The highest BCUT2D eigenvalue weighted by molar-refractivity contribution is 7.11. The molecule has 2 aromatic rings. The molecule has 2 heterocycles. The molecule has 106 valence electrons. The van der Waals surface area contributed by atoms with Gasteiger partial charge in [0, 0.05) is 23.8 Å². The number of aromatic nitrogens is 2. The summed E-state index contributed by atoms with van der Waals surface area (Å²) in [5, 5.41) is 7.56. The Kier molecular flexibility index (Phi) is 5.49. The third-order valence-electron chi connectivity index (χ3n) is 2.55. The maximum absolute atomic E-state index is 4.51. The van der Waals surface area contributed by atoms with Crippen LogP contribution in [0, 0.1) is 6.92 Å². The van der Waals surface area contributed by atoms with E-state index >= 15 is 0 Å². The van der Waals surface area contributed by atoms with Gasteiger partial charge in [0.15, 0.2) is 5.96 Å². The van der Waals surface area contributed by atoms with Crippen LogP contribution < -0.4 is 10.6 Å². The van der Waals surface area contributed by atoms with Gasteiger partial charge in [0.2, 0.25) is 0 Å². The molecule has 0 fully saturated rings. The molecule has 0 spiro atoms. The number of aliphatic imine (C=N–C) groups is 1. The maximum atomic E-state index is 4.51. The summed E-state index contributed by atoms with van der Waals surface area (Å²) >= 11 is 1.69. The smallest absolute Gasteiger partial charge is 0.191 e. The van der Waals surface area contributed by atoms with E-state index in [4.69, 9.17) is 0 Å². The van der Waals surface area contributed by atoms with Crippen molar-refractivity contribution >= 4 is 17.3 Å². The van der Waals surface area contributed by atoms with Crippen LogP contribution in [-0.2, 0) is 13.1 Å². The molecule has 20 heavy (non-hydrogen) atoms. The third kappa shape index (κ3) is 4.62. The van der Waals surface area contributed by atoms with Gasteiger partial charge in [-0.05, 0) is 26.0 Å². The van der Waals surface area contributed by atoms with Gasteiger partial charge in [0.1, 0.15) is 5.01 Å². The Morgan fingerprint density at radius 2 is 2.20 bits per heavy atom. The minimum absolute atomic E-state index is 0.563. The van der Waals surface area contributed by atoms with Crippen molar-refractivity contribution in [1.82, 2.24) is 20.6 Å². The first kappa shape index (κ1) is 14.5. The molecule has 0 aliphatic rings. The molecule has 0 atom stereocenters. The Bertz CT molecular complexity index is 550. The van der Waals surface area contributed by atoms with E-state index in [1.54, 1.807) is 17.5 Å². The fourth-order valence-corrected chi connectivity index (χ4v) is 2.36. The standard InChI is InChI=1S/C14H19N5S/c1-3-15-14(18-9-12-6-4-5-7-16-12)19-10-13-17-8-11(2)20-13/h4-8H,3,9-10H2,1-2H3,(H2,15,18,19). The second-order valence-corrected chi connectivity index (χ2v) is 5.55. The van der Waals surface area contributed by atoms with Crippen LogP contribution >= 0.6 is 11.3 Å². The zero-order valence-corrected chi connectivity index (χ0v) is 12.6. The van der Waals surface area contributed by atoms with Crippen molar-refractivity contribution in [2.45, 2.75) is 26.9 Å². The summed E-state index contributed by atoms with van der Waals surface area (Å²) in [5.41, 5.74) is 0.954. The lowest BCUT2D eigenvalue weighted by atomic mass is 10.3. The summed E-state index contributed by atoms with van der Waals surface area (Å²) in [6.45, 7) is 6.18. The predicted octanol–water partition coefficient (Wildman–Crippen LogP) is 2.10. The predicted molar refractivity (Wildman–Crippen MR) is 82.7 cm³/mol. The summed E-state index contributed by atoms with van der Waals surface area (Å²) in [6.07, 6.45) is 3.67. The molecule has 0 aliphatic carbocycles. The summed E-state index contributed by atoms with van der Waals surface area (Å²) < 4.78 is 0. The molecule has 0 radical (unpaired) electrons. The number of nitrogens with one attached hydrogen (secondary N) is 2. The monoisotopic (exact) mass is 289 g/mol.